The first-order chi connectivity index (χ1) is 9.11. The number of aryl methyl sites for hydroxylation is 1. The summed E-state index contributed by atoms with van der Waals surface area (Å²) in [5, 5.41) is 0. The maximum absolute atomic E-state index is 12.5. The summed E-state index contributed by atoms with van der Waals surface area (Å²) in [4.78, 5) is -0.161. The lowest BCUT2D eigenvalue weighted by Gasteiger charge is -2.23. The Morgan fingerprint density at radius 1 is 1.25 bits per heavy atom. The van der Waals surface area contributed by atoms with Crippen molar-refractivity contribution in [2.45, 2.75) is 31.3 Å². The van der Waals surface area contributed by atoms with E-state index in [9.17, 15) is 21.6 Å². The summed E-state index contributed by atoms with van der Waals surface area (Å²) in [6.07, 6.45) is -4.20. The molecule has 20 heavy (non-hydrogen) atoms. The van der Waals surface area contributed by atoms with Crippen LogP contribution in [-0.2, 0) is 16.4 Å². The van der Waals surface area contributed by atoms with Crippen molar-refractivity contribution >= 4 is 15.7 Å². The zero-order valence-electron chi connectivity index (χ0n) is 11.2. The number of hydrogen-bond acceptors (Lipinski definition) is 3. The van der Waals surface area contributed by atoms with Crippen molar-refractivity contribution in [1.29, 1.82) is 0 Å². The zero-order chi connectivity index (χ0) is 15.6. The molecule has 0 spiro atoms. The third-order valence-electron chi connectivity index (χ3n) is 2.80. The van der Waals surface area contributed by atoms with Crippen LogP contribution < -0.4 is 5.73 Å². The number of sulfonamides is 1. The van der Waals surface area contributed by atoms with E-state index in [0.29, 0.717) is 16.3 Å². The van der Waals surface area contributed by atoms with Crippen molar-refractivity contribution in [3.05, 3.63) is 23.8 Å². The predicted molar refractivity (Wildman–Crippen MR) is 70.7 cm³/mol. The van der Waals surface area contributed by atoms with Gasteiger partial charge < -0.3 is 5.73 Å². The van der Waals surface area contributed by atoms with Gasteiger partial charge in [-0.2, -0.15) is 17.5 Å². The smallest absolute Gasteiger partial charge is 0.399 e. The van der Waals surface area contributed by atoms with Gasteiger partial charge in [-0.15, -0.1) is 0 Å². The van der Waals surface area contributed by atoms with Crippen LogP contribution in [0.2, 0.25) is 0 Å². The standard InChI is InChI=1S/C12H17F3N2O2S/c1-3-9-5-6-10(16)7-11(9)20(18,19)17(4-2)8-12(13,14)15/h5-7H,3-4,8,16H2,1-2H3. The van der Waals surface area contributed by atoms with Crippen molar-refractivity contribution in [1.82, 2.24) is 4.31 Å². The lowest BCUT2D eigenvalue weighted by atomic mass is 10.1. The number of nitrogens with two attached hydrogens (primary N) is 1. The summed E-state index contributed by atoms with van der Waals surface area (Å²) in [5.41, 5.74) is 6.18. The Morgan fingerprint density at radius 3 is 2.30 bits per heavy atom. The largest absolute Gasteiger partial charge is 0.402 e. The molecule has 0 saturated heterocycles. The maximum Gasteiger partial charge on any atom is 0.402 e. The number of benzene rings is 1. The average Bonchev–Trinajstić information content (AvgIpc) is 2.34. The molecule has 2 N–H and O–H groups in total. The van der Waals surface area contributed by atoms with Gasteiger partial charge in [0.2, 0.25) is 10.0 Å². The van der Waals surface area contributed by atoms with Gasteiger partial charge in [-0.1, -0.05) is 19.9 Å². The molecule has 1 aromatic rings. The highest BCUT2D eigenvalue weighted by atomic mass is 32.2. The molecule has 0 atom stereocenters. The van der Waals surface area contributed by atoms with E-state index < -0.39 is 22.7 Å². The average molecular weight is 310 g/mol. The first kappa shape index (κ1) is 16.8. The molecule has 8 heteroatoms. The van der Waals surface area contributed by atoms with Gasteiger partial charge in [-0.25, -0.2) is 8.42 Å². The number of hydrogen-bond donors (Lipinski definition) is 1. The fraction of sp³-hybridized carbons (Fsp3) is 0.500. The van der Waals surface area contributed by atoms with Crippen molar-refractivity contribution in [3.8, 4) is 0 Å². The van der Waals surface area contributed by atoms with Gasteiger partial charge in [0, 0.05) is 12.2 Å². The third kappa shape index (κ3) is 3.86. The van der Waals surface area contributed by atoms with Crippen molar-refractivity contribution in [2.24, 2.45) is 0 Å². The molecule has 114 valence electrons. The van der Waals surface area contributed by atoms with Gasteiger partial charge in [0.25, 0.3) is 0 Å². The third-order valence-corrected chi connectivity index (χ3v) is 4.80. The van der Waals surface area contributed by atoms with Crippen LogP contribution in [0.1, 0.15) is 19.4 Å². The summed E-state index contributed by atoms with van der Waals surface area (Å²) in [6.45, 7) is 1.31. The van der Waals surface area contributed by atoms with Crippen LogP contribution in [0.4, 0.5) is 18.9 Å². The number of halogens is 3. The van der Waals surface area contributed by atoms with Gasteiger partial charge in [-0.05, 0) is 24.1 Å². The molecule has 0 bridgehead atoms. The molecular weight excluding hydrogens is 293 g/mol. The van der Waals surface area contributed by atoms with E-state index in [1.54, 1.807) is 6.92 Å². The van der Waals surface area contributed by atoms with Crippen LogP contribution in [0.15, 0.2) is 23.1 Å². The predicted octanol–water partition coefficient (Wildman–Crippen LogP) is 2.40. The summed E-state index contributed by atoms with van der Waals surface area (Å²) in [6, 6.07) is 4.24. The topological polar surface area (TPSA) is 63.4 Å². The van der Waals surface area contributed by atoms with Gasteiger partial charge in [-0.3, -0.25) is 0 Å². The summed E-state index contributed by atoms with van der Waals surface area (Å²) < 4.78 is 62.5. The minimum Gasteiger partial charge on any atom is -0.399 e. The van der Waals surface area contributed by atoms with Crippen LogP contribution in [-0.4, -0.2) is 32.0 Å². The molecule has 0 aliphatic carbocycles. The molecule has 0 heterocycles. The minimum absolute atomic E-state index is 0.161. The Kier molecular flexibility index (Phi) is 5.04. The number of anilines is 1. The van der Waals surface area contributed by atoms with Gasteiger partial charge in [0.15, 0.2) is 0 Å². The second kappa shape index (κ2) is 6.01. The molecule has 1 rings (SSSR count). The van der Waals surface area contributed by atoms with E-state index in [0.717, 1.165) is 0 Å². The zero-order valence-corrected chi connectivity index (χ0v) is 12.1. The molecule has 0 saturated carbocycles. The summed E-state index contributed by atoms with van der Waals surface area (Å²) in [5.74, 6) is 0. The lowest BCUT2D eigenvalue weighted by molar-refractivity contribution is -0.135. The number of rotatable bonds is 5. The Bertz CT molecular complexity index is 571. The highest BCUT2D eigenvalue weighted by Gasteiger charge is 2.36. The molecule has 4 nitrogen and oxygen atoms in total. The second-order valence-electron chi connectivity index (χ2n) is 4.27. The molecule has 0 radical (unpaired) electrons. The van der Waals surface area contributed by atoms with Crippen molar-refractivity contribution in [3.63, 3.8) is 0 Å². The van der Waals surface area contributed by atoms with Crippen LogP contribution in [0, 0.1) is 0 Å². The SMILES string of the molecule is CCc1ccc(N)cc1S(=O)(=O)N(CC)CC(F)(F)F. The number of nitrogens with zero attached hydrogens (tertiary/aromatic N) is 1. The van der Waals surface area contributed by atoms with Crippen LogP contribution >= 0.6 is 0 Å². The van der Waals surface area contributed by atoms with E-state index in [2.05, 4.69) is 0 Å². The molecule has 0 unspecified atom stereocenters. The Balaban J connectivity index is 3.30. The molecule has 0 amide bonds. The van der Waals surface area contributed by atoms with Crippen LogP contribution in [0.5, 0.6) is 0 Å². The van der Waals surface area contributed by atoms with Crippen molar-refractivity contribution in [2.75, 3.05) is 18.8 Å². The van der Waals surface area contributed by atoms with Crippen LogP contribution in [0.3, 0.4) is 0 Å². The van der Waals surface area contributed by atoms with E-state index >= 15 is 0 Å². The van der Waals surface area contributed by atoms with Gasteiger partial charge in [0.05, 0.1) is 4.90 Å². The fourth-order valence-corrected chi connectivity index (χ4v) is 3.57. The quantitative estimate of drug-likeness (QED) is 0.849. The second-order valence-corrected chi connectivity index (χ2v) is 6.17. The minimum atomic E-state index is -4.59. The monoisotopic (exact) mass is 310 g/mol. The summed E-state index contributed by atoms with van der Waals surface area (Å²) in [7, 11) is -4.22. The number of alkyl halides is 3. The Morgan fingerprint density at radius 2 is 1.85 bits per heavy atom. The Labute approximate surface area is 116 Å². The van der Waals surface area contributed by atoms with E-state index in [-0.39, 0.29) is 17.1 Å². The molecule has 0 aliphatic rings. The molecule has 0 aromatic heterocycles. The van der Waals surface area contributed by atoms with Gasteiger partial charge >= 0.3 is 6.18 Å². The van der Waals surface area contributed by atoms with Crippen molar-refractivity contribution < 1.29 is 21.6 Å². The molecule has 0 aliphatic heterocycles. The van der Waals surface area contributed by atoms with Crippen LogP contribution in [0.25, 0.3) is 0 Å². The highest BCUT2D eigenvalue weighted by Crippen LogP contribution is 2.26. The lowest BCUT2D eigenvalue weighted by Crippen LogP contribution is -2.39. The molecular formula is C12H17F3N2O2S. The summed E-state index contributed by atoms with van der Waals surface area (Å²) >= 11 is 0. The van der Waals surface area contributed by atoms with E-state index in [4.69, 9.17) is 5.73 Å². The van der Waals surface area contributed by atoms with E-state index in [1.807, 2.05) is 0 Å². The molecule has 0 fully saturated rings. The fourth-order valence-electron chi connectivity index (χ4n) is 1.81. The van der Waals surface area contributed by atoms with E-state index in [1.165, 1.54) is 25.1 Å². The normalized spacial score (nSPS) is 12.9. The number of nitrogen functional groups attached to an aromatic ring is 1. The first-order valence-electron chi connectivity index (χ1n) is 6.07. The molecule has 1 aromatic carbocycles. The highest BCUT2D eigenvalue weighted by molar-refractivity contribution is 7.89. The first-order valence-corrected chi connectivity index (χ1v) is 7.51. The maximum atomic E-state index is 12.5. The van der Waals surface area contributed by atoms with Gasteiger partial charge in [0.1, 0.15) is 6.54 Å². The Hall–Kier alpha value is -1.28.